The topological polar surface area (TPSA) is 55.6 Å². The maximum atomic E-state index is 11.8. The number of nitrogens with two attached hydrogens (primary N) is 1. The first kappa shape index (κ1) is 13.4. The van der Waals surface area contributed by atoms with Crippen LogP contribution in [0.4, 0.5) is 0 Å². The highest BCUT2D eigenvalue weighted by atomic mass is 16.5. The van der Waals surface area contributed by atoms with E-state index in [0.29, 0.717) is 19.7 Å². The molecule has 0 aromatic carbocycles. The molecule has 4 heteroatoms. The van der Waals surface area contributed by atoms with E-state index in [0.717, 1.165) is 13.0 Å². The Labute approximate surface area is 86.4 Å². The molecular formula is C10H22N2O2. The van der Waals surface area contributed by atoms with Gasteiger partial charge >= 0.3 is 0 Å². The summed E-state index contributed by atoms with van der Waals surface area (Å²) >= 11 is 0. The summed E-state index contributed by atoms with van der Waals surface area (Å²) in [6, 6.07) is 0. The average Bonchev–Trinajstić information content (AvgIpc) is 2.21. The van der Waals surface area contributed by atoms with E-state index in [4.69, 9.17) is 10.5 Å². The molecular weight excluding hydrogens is 180 g/mol. The van der Waals surface area contributed by atoms with Gasteiger partial charge in [0.2, 0.25) is 5.91 Å². The van der Waals surface area contributed by atoms with Crippen LogP contribution in [0.15, 0.2) is 0 Å². The molecule has 0 aliphatic carbocycles. The van der Waals surface area contributed by atoms with Gasteiger partial charge in [-0.15, -0.1) is 0 Å². The van der Waals surface area contributed by atoms with Gasteiger partial charge in [0.1, 0.15) is 0 Å². The fourth-order valence-corrected chi connectivity index (χ4v) is 1.33. The van der Waals surface area contributed by atoms with Crippen LogP contribution in [0.1, 0.15) is 20.3 Å². The summed E-state index contributed by atoms with van der Waals surface area (Å²) in [7, 11) is 1.64. The minimum atomic E-state index is -0.0354. The molecule has 84 valence electrons. The van der Waals surface area contributed by atoms with Gasteiger partial charge in [-0.1, -0.05) is 6.92 Å². The fraction of sp³-hybridized carbons (Fsp3) is 0.900. The third-order valence-corrected chi connectivity index (χ3v) is 2.39. The van der Waals surface area contributed by atoms with Crippen molar-refractivity contribution in [3.63, 3.8) is 0 Å². The summed E-state index contributed by atoms with van der Waals surface area (Å²) in [6.45, 7) is 6.34. The van der Waals surface area contributed by atoms with Gasteiger partial charge in [0.05, 0.1) is 12.5 Å². The molecule has 1 amide bonds. The summed E-state index contributed by atoms with van der Waals surface area (Å²) in [5.41, 5.74) is 5.53. The lowest BCUT2D eigenvalue weighted by Gasteiger charge is -2.24. The van der Waals surface area contributed by atoms with E-state index in [1.807, 2.05) is 13.8 Å². The van der Waals surface area contributed by atoms with Crippen molar-refractivity contribution in [1.29, 1.82) is 0 Å². The Kier molecular flexibility index (Phi) is 7.42. The molecule has 14 heavy (non-hydrogen) atoms. The van der Waals surface area contributed by atoms with Gasteiger partial charge in [-0.05, 0) is 13.3 Å². The lowest BCUT2D eigenvalue weighted by atomic mass is 10.1. The monoisotopic (exact) mass is 202 g/mol. The van der Waals surface area contributed by atoms with Crippen LogP contribution in [0.3, 0.4) is 0 Å². The highest BCUT2D eigenvalue weighted by Crippen LogP contribution is 2.05. The number of carbonyl (C=O) groups excluding carboxylic acids is 1. The third-order valence-electron chi connectivity index (χ3n) is 2.39. The van der Waals surface area contributed by atoms with Crippen LogP contribution in [-0.4, -0.2) is 44.2 Å². The van der Waals surface area contributed by atoms with Crippen LogP contribution in [0, 0.1) is 5.92 Å². The molecule has 0 rings (SSSR count). The number of methoxy groups -OCH3 is 1. The van der Waals surface area contributed by atoms with E-state index in [9.17, 15) is 4.79 Å². The first-order valence-corrected chi connectivity index (χ1v) is 5.18. The number of amides is 1. The van der Waals surface area contributed by atoms with Crippen LogP contribution in [-0.2, 0) is 9.53 Å². The van der Waals surface area contributed by atoms with Crippen molar-refractivity contribution in [2.24, 2.45) is 11.7 Å². The van der Waals surface area contributed by atoms with Crippen molar-refractivity contribution in [2.45, 2.75) is 20.3 Å². The van der Waals surface area contributed by atoms with Gasteiger partial charge in [0.15, 0.2) is 0 Å². The molecule has 0 heterocycles. The second-order valence-corrected chi connectivity index (χ2v) is 3.25. The van der Waals surface area contributed by atoms with E-state index in [1.165, 1.54) is 0 Å². The van der Waals surface area contributed by atoms with Crippen molar-refractivity contribution < 1.29 is 9.53 Å². The normalized spacial score (nSPS) is 12.6. The molecule has 0 saturated heterocycles. The van der Waals surface area contributed by atoms with E-state index in [1.54, 1.807) is 12.0 Å². The molecule has 0 aliphatic rings. The lowest BCUT2D eigenvalue weighted by Crippen LogP contribution is -2.40. The maximum Gasteiger partial charge on any atom is 0.227 e. The van der Waals surface area contributed by atoms with Crippen LogP contribution in [0.2, 0.25) is 0 Å². The van der Waals surface area contributed by atoms with Gasteiger partial charge < -0.3 is 15.4 Å². The average molecular weight is 202 g/mol. The summed E-state index contributed by atoms with van der Waals surface area (Å²) in [5, 5.41) is 0. The second-order valence-electron chi connectivity index (χ2n) is 3.25. The van der Waals surface area contributed by atoms with Crippen molar-refractivity contribution in [3.05, 3.63) is 0 Å². The molecule has 0 spiro atoms. The fourth-order valence-electron chi connectivity index (χ4n) is 1.33. The number of carbonyl (C=O) groups is 1. The zero-order valence-electron chi connectivity index (χ0n) is 9.45. The summed E-state index contributed by atoms with van der Waals surface area (Å²) < 4.78 is 4.95. The Balaban J connectivity index is 4.13. The Morgan fingerprint density at radius 1 is 1.50 bits per heavy atom. The number of rotatable bonds is 7. The number of hydrogen-bond acceptors (Lipinski definition) is 3. The Morgan fingerprint density at radius 3 is 2.50 bits per heavy atom. The molecule has 0 aromatic heterocycles. The molecule has 1 atom stereocenters. The van der Waals surface area contributed by atoms with Crippen molar-refractivity contribution in [2.75, 3.05) is 33.4 Å². The molecule has 2 N–H and O–H groups in total. The minimum absolute atomic E-state index is 0.0354. The second kappa shape index (κ2) is 7.76. The Morgan fingerprint density at radius 2 is 2.14 bits per heavy atom. The van der Waals surface area contributed by atoms with Crippen LogP contribution in [0.5, 0.6) is 0 Å². The van der Waals surface area contributed by atoms with Gasteiger partial charge in [-0.25, -0.2) is 0 Å². The van der Waals surface area contributed by atoms with Gasteiger partial charge in [0, 0.05) is 26.7 Å². The van der Waals surface area contributed by atoms with Gasteiger partial charge in [0.25, 0.3) is 0 Å². The first-order chi connectivity index (χ1) is 6.71. The van der Waals surface area contributed by atoms with E-state index in [-0.39, 0.29) is 11.8 Å². The van der Waals surface area contributed by atoms with Crippen LogP contribution < -0.4 is 5.73 Å². The largest absolute Gasteiger partial charge is 0.383 e. The molecule has 4 nitrogen and oxygen atoms in total. The van der Waals surface area contributed by atoms with E-state index < -0.39 is 0 Å². The summed E-state index contributed by atoms with van der Waals surface area (Å²) in [6.07, 6.45) is 0.804. The van der Waals surface area contributed by atoms with Crippen LogP contribution in [0.25, 0.3) is 0 Å². The zero-order valence-corrected chi connectivity index (χ0v) is 9.45. The molecule has 0 fully saturated rings. The van der Waals surface area contributed by atoms with Gasteiger partial charge in [-0.2, -0.15) is 0 Å². The Hall–Kier alpha value is -0.610. The lowest BCUT2D eigenvalue weighted by molar-refractivity contribution is -0.135. The SMILES string of the molecule is CCC(CN)C(=O)N(CC)CCOC. The zero-order chi connectivity index (χ0) is 11.0. The smallest absolute Gasteiger partial charge is 0.227 e. The van der Waals surface area contributed by atoms with Crippen molar-refractivity contribution in [3.8, 4) is 0 Å². The van der Waals surface area contributed by atoms with E-state index >= 15 is 0 Å². The third kappa shape index (κ3) is 4.07. The highest BCUT2D eigenvalue weighted by Gasteiger charge is 2.19. The molecule has 0 bridgehead atoms. The quantitative estimate of drug-likeness (QED) is 0.653. The van der Waals surface area contributed by atoms with Gasteiger partial charge in [-0.3, -0.25) is 4.79 Å². The molecule has 0 saturated carbocycles. The predicted molar refractivity (Wildman–Crippen MR) is 57.0 cm³/mol. The van der Waals surface area contributed by atoms with Crippen LogP contribution >= 0.6 is 0 Å². The number of hydrogen-bond donors (Lipinski definition) is 1. The molecule has 0 aliphatic heterocycles. The van der Waals surface area contributed by atoms with Crippen molar-refractivity contribution >= 4 is 5.91 Å². The summed E-state index contributed by atoms with van der Waals surface area (Å²) in [4.78, 5) is 13.6. The highest BCUT2D eigenvalue weighted by molar-refractivity contribution is 5.79. The standard InChI is InChI=1S/C10H22N2O2/c1-4-9(8-11)10(13)12(5-2)6-7-14-3/h9H,4-8,11H2,1-3H3. The van der Waals surface area contributed by atoms with Crippen molar-refractivity contribution in [1.82, 2.24) is 4.90 Å². The number of nitrogens with zero attached hydrogens (tertiary/aromatic N) is 1. The first-order valence-electron chi connectivity index (χ1n) is 5.18. The number of ether oxygens (including phenoxy) is 1. The Bertz CT molecular complexity index is 158. The molecule has 1 unspecified atom stereocenters. The summed E-state index contributed by atoms with van der Waals surface area (Å²) in [5.74, 6) is 0.112. The maximum absolute atomic E-state index is 11.8. The predicted octanol–water partition coefficient (Wildman–Crippen LogP) is 0.466. The van der Waals surface area contributed by atoms with E-state index in [2.05, 4.69) is 0 Å². The minimum Gasteiger partial charge on any atom is -0.383 e. The molecule has 0 radical (unpaired) electrons. The molecule has 0 aromatic rings. The number of likely N-dealkylation sites (N-methyl/N-ethyl adjacent to an activating group) is 1.